The molecule has 0 saturated heterocycles. The summed E-state index contributed by atoms with van der Waals surface area (Å²) >= 11 is 5.94. The lowest BCUT2D eigenvalue weighted by molar-refractivity contribution is 0.302. The van der Waals surface area contributed by atoms with E-state index in [1.54, 1.807) is 6.07 Å². The monoisotopic (exact) mass is 243 g/mol. The third kappa shape index (κ3) is 3.19. The minimum atomic E-state index is -0.352. The van der Waals surface area contributed by atoms with Gasteiger partial charge in [-0.15, -0.1) is 0 Å². The van der Waals surface area contributed by atoms with E-state index in [4.69, 9.17) is 17.3 Å². The predicted octanol–water partition coefficient (Wildman–Crippen LogP) is 3.79. The third-order valence-corrected chi connectivity index (χ3v) is 3.42. The molecule has 0 aliphatic rings. The molecule has 2 N–H and O–H groups in total. The molecular weight excluding hydrogens is 225 g/mol. The van der Waals surface area contributed by atoms with E-state index in [1.807, 2.05) is 6.07 Å². The highest BCUT2D eigenvalue weighted by molar-refractivity contribution is 6.31. The summed E-state index contributed by atoms with van der Waals surface area (Å²) in [6, 6.07) is 4.94. The summed E-state index contributed by atoms with van der Waals surface area (Å²) < 4.78 is 13.3. The van der Waals surface area contributed by atoms with E-state index in [0.717, 1.165) is 24.8 Å². The Hall–Kier alpha value is -0.600. The molecule has 0 amide bonds. The zero-order valence-electron chi connectivity index (χ0n) is 9.89. The maximum atomic E-state index is 13.3. The van der Waals surface area contributed by atoms with Crippen LogP contribution >= 0.6 is 11.6 Å². The molecule has 1 rings (SSSR count). The van der Waals surface area contributed by atoms with Gasteiger partial charge in [-0.1, -0.05) is 44.0 Å². The highest BCUT2D eigenvalue weighted by Gasteiger charge is 2.23. The third-order valence-electron chi connectivity index (χ3n) is 3.00. The van der Waals surface area contributed by atoms with Crippen molar-refractivity contribution < 1.29 is 4.39 Å². The Morgan fingerprint density at radius 2 is 2.12 bits per heavy atom. The maximum absolute atomic E-state index is 13.3. The molecule has 1 aromatic rings. The fourth-order valence-corrected chi connectivity index (χ4v) is 2.20. The Bertz CT molecular complexity index is 354. The molecule has 0 saturated carbocycles. The molecule has 0 bridgehead atoms. The van der Waals surface area contributed by atoms with E-state index in [2.05, 4.69) is 13.8 Å². The van der Waals surface area contributed by atoms with Crippen LogP contribution < -0.4 is 5.73 Å². The molecule has 1 nitrogen and oxygen atoms in total. The van der Waals surface area contributed by atoms with Crippen molar-refractivity contribution in [3.63, 3.8) is 0 Å². The van der Waals surface area contributed by atoms with Crippen LogP contribution in [0.1, 0.15) is 32.3 Å². The molecule has 1 atom stereocenters. The lowest BCUT2D eigenvalue weighted by atomic mass is 9.80. The molecule has 1 unspecified atom stereocenters. The van der Waals surface area contributed by atoms with Crippen molar-refractivity contribution >= 4 is 11.6 Å². The second-order valence-corrected chi connectivity index (χ2v) is 5.03. The van der Waals surface area contributed by atoms with Crippen LogP contribution in [0.15, 0.2) is 18.2 Å². The van der Waals surface area contributed by atoms with Crippen LogP contribution in [-0.2, 0) is 6.42 Å². The van der Waals surface area contributed by atoms with Gasteiger partial charge in [0.25, 0.3) is 0 Å². The first kappa shape index (κ1) is 13.5. The summed E-state index contributed by atoms with van der Waals surface area (Å²) in [5.41, 5.74) is 6.65. The minimum Gasteiger partial charge on any atom is -0.330 e. The van der Waals surface area contributed by atoms with Gasteiger partial charge in [0.1, 0.15) is 5.82 Å². The normalized spacial score (nSPS) is 14.8. The average Bonchev–Trinajstić information content (AvgIpc) is 2.25. The average molecular weight is 244 g/mol. The van der Waals surface area contributed by atoms with Crippen molar-refractivity contribution in [2.45, 2.75) is 33.1 Å². The molecule has 0 aliphatic carbocycles. The van der Waals surface area contributed by atoms with Gasteiger partial charge in [-0.3, -0.25) is 0 Å². The lowest BCUT2D eigenvalue weighted by Crippen LogP contribution is -2.29. The number of hydrogen-bond donors (Lipinski definition) is 1. The highest BCUT2D eigenvalue weighted by atomic mass is 35.5. The van der Waals surface area contributed by atoms with Gasteiger partial charge in [0.15, 0.2) is 0 Å². The molecule has 90 valence electrons. The van der Waals surface area contributed by atoms with Gasteiger partial charge < -0.3 is 5.73 Å². The minimum absolute atomic E-state index is 0.00613. The Balaban J connectivity index is 2.90. The molecule has 3 heteroatoms. The van der Waals surface area contributed by atoms with Crippen molar-refractivity contribution in [3.05, 3.63) is 34.6 Å². The van der Waals surface area contributed by atoms with Crippen LogP contribution in [-0.4, -0.2) is 6.54 Å². The van der Waals surface area contributed by atoms with Crippen LogP contribution in [0.4, 0.5) is 4.39 Å². The summed E-state index contributed by atoms with van der Waals surface area (Å²) in [4.78, 5) is 0. The van der Waals surface area contributed by atoms with E-state index < -0.39 is 0 Å². The van der Waals surface area contributed by atoms with E-state index in [9.17, 15) is 4.39 Å². The Labute approximate surface area is 102 Å². The van der Waals surface area contributed by atoms with Gasteiger partial charge in [0, 0.05) is 0 Å². The molecule has 0 aromatic heterocycles. The van der Waals surface area contributed by atoms with Crippen LogP contribution in [0.5, 0.6) is 0 Å². The van der Waals surface area contributed by atoms with Crippen LogP contribution in [0.2, 0.25) is 5.02 Å². The highest BCUT2D eigenvalue weighted by Crippen LogP contribution is 2.31. The van der Waals surface area contributed by atoms with Gasteiger partial charge in [0.05, 0.1) is 5.02 Å². The van der Waals surface area contributed by atoms with E-state index in [1.165, 1.54) is 6.07 Å². The molecule has 1 aromatic carbocycles. The van der Waals surface area contributed by atoms with Gasteiger partial charge in [-0.05, 0) is 36.4 Å². The van der Waals surface area contributed by atoms with Gasteiger partial charge in [0.2, 0.25) is 0 Å². The predicted molar refractivity (Wildman–Crippen MR) is 67.2 cm³/mol. The molecule has 0 aliphatic heterocycles. The van der Waals surface area contributed by atoms with Crippen LogP contribution in [0.3, 0.4) is 0 Å². The number of nitrogens with two attached hydrogens (primary N) is 1. The first-order chi connectivity index (χ1) is 7.52. The Kier molecular flexibility index (Phi) is 4.75. The largest absolute Gasteiger partial charge is 0.330 e. The maximum Gasteiger partial charge on any atom is 0.142 e. The number of rotatable bonds is 5. The molecular formula is C13H19ClFN. The number of benzene rings is 1. The van der Waals surface area contributed by atoms with Gasteiger partial charge >= 0.3 is 0 Å². The second-order valence-electron chi connectivity index (χ2n) is 4.65. The number of hydrogen-bond acceptors (Lipinski definition) is 1. The van der Waals surface area contributed by atoms with Crippen molar-refractivity contribution in [2.75, 3.05) is 6.54 Å². The molecule has 0 heterocycles. The topological polar surface area (TPSA) is 26.0 Å². The summed E-state index contributed by atoms with van der Waals surface area (Å²) in [5.74, 6) is -0.352. The van der Waals surface area contributed by atoms with Crippen molar-refractivity contribution in [2.24, 2.45) is 11.1 Å². The van der Waals surface area contributed by atoms with Crippen molar-refractivity contribution in [3.8, 4) is 0 Å². The fraction of sp³-hybridized carbons (Fsp3) is 0.538. The molecule has 0 radical (unpaired) electrons. The standard InChI is InChI=1S/C13H19ClFN/c1-3-7-13(2,9-16)8-10-5-4-6-11(15)12(10)14/h4-6H,3,7-9,16H2,1-2H3. The summed E-state index contributed by atoms with van der Waals surface area (Å²) in [6.45, 7) is 4.84. The SMILES string of the molecule is CCCC(C)(CN)Cc1cccc(F)c1Cl. The summed E-state index contributed by atoms with van der Waals surface area (Å²) in [7, 11) is 0. The van der Waals surface area contributed by atoms with Gasteiger partial charge in [-0.25, -0.2) is 4.39 Å². The Morgan fingerprint density at radius 1 is 1.44 bits per heavy atom. The first-order valence-corrected chi connectivity index (χ1v) is 6.03. The van der Waals surface area contributed by atoms with Crippen molar-refractivity contribution in [1.82, 2.24) is 0 Å². The zero-order chi connectivity index (χ0) is 12.2. The van der Waals surface area contributed by atoms with Crippen molar-refractivity contribution in [1.29, 1.82) is 0 Å². The number of halogens is 2. The molecule has 16 heavy (non-hydrogen) atoms. The van der Waals surface area contributed by atoms with E-state index in [0.29, 0.717) is 6.54 Å². The fourth-order valence-electron chi connectivity index (χ4n) is 2.01. The smallest absolute Gasteiger partial charge is 0.142 e. The summed E-state index contributed by atoms with van der Waals surface area (Å²) in [6.07, 6.45) is 2.82. The van der Waals surface area contributed by atoms with E-state index >= 15 is 0 Å². The summed E-state index contributed by atoms with van der Waals surface area (Å²) in [5, 5.41) is 0.235. The molecule has 0 fully saturated rings. The van der Waals surface area contributed by atoms with Crippen LogP contribution in [0.25, 0.3) is 0 Å². The second kappa shape index (κ2) is 5.65. The van der Waals surface area contributed by atoms with Gasteiger partial charge in [-0.2, -0.15) is 0 Å². The first-order valence-electron chi connectivity index (χ1n) is 5.65. The lowest BCUT2D eigenvalue weighted by Gasteiger charge is -2.28. The molecule has 0 spiro atoms. The zero-order valence-corrected chi connectivity index (χ0v) is 10.6. The van der Waals surface area contributed by atoms with E-state index in [-0.39, 0.29) is 16.3 Å². The Morgan fingerprint density at radius 3 is 2.69 bits per heavy atom. The van der Waals surface area contributed by atoms with Crippen LogP contribution in [0, 0.1) is 11.2 Å². The quantitative estimate of drug-likeness (QED) is 0.837.